The van der Waals surface area contributed by atoms with Crippen LogP contribution in [0.25, 0.3) is 0 Å². The second-order valence-corrected chi connectivity index (χ2v) is 46.0. The number of rotatable bonds is 1. The van der Waals surface area contributed by atoms with Crippen LogP contribution >= 0.6 is 53.5 Å². The van der Waals surface area contributed by atoms with E-state index in [1.807, 2.05) is 30.3 Å². The van der Waals surface area contributed by atoms with Crippen molar-refractivity contribution >= 4 is 87.1 Å². The molecule has 0 fully saturated rings. The van der Waals surface area contributed by atoms with Gasteiger partial charge in [-0.25, -0.2) is 0 Å². The van der Waals surface area contributed by atoms with E-state index >= 15 is 0 Å². The first-order valence-corrected chi connectivity index (χ1v) is 29.8. The fourth-order valence-corrected chi connectivity index (χ4v) is 4.79. The molecule has 1 aromatic rings. The first-order valence-electron chi connectivity index (χ1n) is 3.79. The Kier molecular flexibility index (Phi) is 9.22. The zero-order chi connectivity index (χ0) is 12.1. The first kappa shape index (κ1) is 17.6. The average Bonchev–Trinajstić information content (AvgIpc) is 2.01. The molecule has 0 aromatic heterocycles. The van der Waals surface area contributed by atoms with E-state index in [0.717, 1.165) is 3.58 Å². The monoisotopic (exact) mass is 542 g/mol. The van der Waals surface area contributed by atoms with Gasteiger partial charge in [-0.05, 0) is 0 Å². The summed E-state index contributed by atoms with van der Waals surface area (Å²) in [4.78, 5) is 1.69. The van der Waals surface area contributed by atoms with E-state index < -0.39 is 30.0 Å². The van der Waals surface area contributed by atoms with Crippen molar-refractivity contribution in [3.8, 4) is 0 Å². The Morgan fingerprint density at radius 3 is 1.33 bits per heavy atom. The Morgan fingerprint density at radius 2 is 1.13 bits per heavy atom. The zero-order valence-electron chi connectivity index (χ0n) is 7.65. The fourth-order valence-electron chi connectivity index (χ4n) is 0.627. The standard InChI is InChI=1S/C6H5.CH3.6ClH.2Sn/c1-2-4-6-5-3-1;;;;;;;;;/h1-5H;1H3;6*1H;;/q;;;;;;;;2*+3/p-6. The van der Waals surface area contributed by atoms with Gasteiger partial charge >= 0.3 is 122 Å². The Morgan fingerprint density at radius 1 is 0.800 bits per heavy atom. The topological polar surface area (TPSA) is 0 Å². The number of benzene rings is 1. The second-order valence-electron chi connectivity index (χ2n) is 2.65. The third-order valence-corrected chi connectivity index (χ3v) is 8.31. The summed E-state index contributed by atoms with van der Waals surface area (Å²) in [5.41, 5.74) is 0. The van der Waals surface area contributed by atoms with Crippen molar-refractivity contribution in [1.82, 2.24) is 0 Å². The summed E-state index contributed by atoms with van der Waals surface area (Å²) in [5, 5.41) is 0. The molecule has 0 atom stereocenters. The van der Waals surface area contributed by atoms with Crippen molar-refractivity contribution in [3.63, 3.8) is 0 Å². The molecule has 0 nitrogen and oxygen atoms in total. The predicted molar refractivity (Wildman–Crippen MR) is 78.6 cm³/mol. The van der Waals surface area contributed by atoms with Crippen LogP contribution in [0.4, 0.5) is 0 Å². The molecule has 15 heavy (non-hydrogen) atoms. The van der Waals surface area contributed by atoms with Crippen molar-refractivity contribution in [2.75, 3.05) is 0 Å². The minimum atomic E-state index is -3.30. The van der Waals surface area contributed by atoms with Crippen molar-refractivity contribution in [2.24, 2.45) is 0 Å². The van der Waals surface area contributed by atoms with E-state index in [2.05, 4.69) is 0 Å². The molecule has 0 N–H and O–H groups in total. The minimum absolute atomic E-state index is 0.904. The predicted octanol–water partition coefficient (Wildman–Crippen LogP) is 4.82. The summed E-state index contributed by atoms with van der Waals surface area (Å²) < 4.78 is 0.904. The van der Waals surface area contributed by atoms with Crippen LogP contribution in [0.1, 0.15) is 0 Å². The molecule has 0 amide bonds. The quantitative estimate of drug-likeness (QED) is 0.447. The van der Waals surface area contributed by atoms with Gasteiger partial charge in [0, 0.05) is 0 Å². The van der Waals surface area contributed by atoms with Crippen LogP contribution in [0.5, 0.6) is 0 Å². The molecule has 0 saturated heterocycles. The van der Waals surface area contributed by atoms with E-state index in [-0.39, 0.29) is 0 Å². The molecule has 0 heterocycles. The molecule has 0 spiro atoms. The van der Waals surface area contributed by atoms with Gasteiger partial charge < -0.3 is 0 Å². The van der Waals surface area contributed by atoms with Crippen molar-refractivity contribution in [3.05, 3.63) is 30.3 Å². The molecule has 0 aliphatic carbocycles. The summed E-state index contributed by atoms with van der Waals surface area (Å²) in [6.45, 7) is 0. The van der Waals surface area contributed by atoms with E-state index in [0.29, 0.717) is 0 Å². The van der Waals surface area contributed by atoms with Crippen LogP contribution in [0.3, 0.4) is 0 Å². The van der Waals surface area contributed by atoms with Gasteiger partial charge in [-0.15, -0.1) is 0 Å². The maximum absolute atomic E-state index is 5.80. The van der Waals surface area contributed by atoms with Gasteiger partial charge in [-0.1, -0.05) is 0 Å². The molecule has 0 unspecified atom stereocenters. The van der Waals surface area contributed by atoms with Gasteiger partial charge in [-0.3, -0.25) is 0 Å². The summed E-state index contributed by atoms with van der Waals surface area (Å²) >= 11 is -6.06. The van der Waals surface area contributed by atoms with Crippen molar-refractivity contribution in [1.29, 1.82) is 0 Å². The number of halogens is 6. The molecule has 1 rings (SSSR count). The van der Waals surface area contributed by atoms with E-state index in [1.165, 1.54) is 0 Å². The third kappa shape index (κ3) is 12.8. The van der Waals surface area contributed by atoms with Gasteiger partial charge in [0.1, 0.15) is 0 Å². The zero-order valence-corrected chi connectivity index (χ0v) is 17.9. The van der Waals surface area contributed by atoms with E-state index in [4.69, 9.17) is 53.5 Å². The molecule has 1 aromatic carbocycles. The van der Waals surface area contributed by atoms with Crippen LogP contribution in [0.15, 0.2) is 30.3 Å². The summed E-state index contributed by atoms with van der Waals surface area (Å²) in [6.07, 6.45) is 0. The van der Waals surface area contributed by atoms with Crippen molar-refractivity contribution < 1.29 is 0 Å². The Bertz CT molecular complexity index is 272. The summed E-state index contributed by atoms with van der Waals surface area (Å²) in [6, 6.07) is 9.40. The van der Waals surface area contributed by atoms with Gasteiger partial charge in [-0.2, -0.15) is 0 Å². The summed E-state index contributed by atoms with van der Waals surface area (Å²) in [5.74, 6) is 0. The average molecular weight is 542 g/mol. The molecule has 8 heteroatoms. The van der Waals surface area contributed by atoms with E-state index in [9.17, 15) is 0 Å². The van der Waals surface area contributed by atoms with Gasteiger partial charge in [0.05, 0.1) is 0 Å². The molecule has 0 aliphatic rings. The number of hydrogen-bond donors (Lipinski definition) is 0. The van der Waals surface area contributed by atoms with Gasteiger partial charge in [0.2, 0.25) is 0 Å². The molecule has 0 radical (unpaired) electrons. The fraction of sp³-hybridized carbons (Fsp3) is 0.143. The number of hydrogen-bond acceptors (Lipinski definition) is 0. The van der Waals surface area contributed by atoms with Crippen molar-refractivity contribution in [2.45, 2.75) is 4.94 Å². The van der Waals surface area contributed by atoms with Crippen LogP contribution in [-0.2, 0) is 0 Å². The normalized spacial score (nSPS) is 11.7. The SMILES string of the molecule is [CH3][Sn]([Cl])([Cl])[Cl].[Cl][Sn]([Cl])([Cl])[c]1ccccc1. The van der Waals surface area contributed by atoms with Crippen LogP contribution < -0.4 is 3.58 Å². The Labute approximate surface area is 120 Å². The van der Waals surface area contributed by atoms with Gasteiger partial charge in [0.15, 0.2) is 0 Å². The molecule has 0 saturated carbocycles. The molecular weight excluding hydrogens is 534 g/mol. The Hall–Kier alpha value is 2.56. The third-order valence-electron chi connectivity index (χ3n) is 1.10. The molecular formula is C7H8Cl6Sn2. The van der Waals surface area contributed by atoms with Gasteiger partial charge in [0.25, 0.3) is 0 Å². The van der Waals surface area contributed by atoms with Crippen LogP contribution in [0, 0.1) is 0 Å². The molecule has 0 bridgehead atoms. The van der Waals surface area contributed by atoms with E-state index in [1.54, 1.807) is 4.94 Å². The van der Waals surface area contributed by atoms with Crippen LogP contribution in [-0.4, -0.2) is 30.0 Å². The second kappa shape index (κ2) is 7.88. The molecule has 0 aliphatic heterocycles. The molecule has 86 valence electrons. The Balaban J connectivity index is 0.000000336. The first-order chi connectivity index (χ1) is 6.61. The maximum atomic E-state index is 5.80. The van der Waals surface area contributed by atoms with Crippen LogP contribution in [0.2, 0.25) is 4.94 Å². The summed E-state index contributed by atoms with van der Waals surface area (Å²) in [7, 11) is 33.2.